The normalized spacial score (nSPS) is 14.1. The Kier molecular flexibility index (Phi) is 3.99. The van der Waals surface area contributed by atoms with Gasteiger partial charge < -0.3 is 4.74 Å². The molecular formula is C16H17ClN2O. The van der Waals surface area contributed by atoms with Gasteiger partial charge in [0.2, 0.25) is 0 Å². The van der Waals surface area contributed by atoms with Crippen LogP contribution in [0.15, 0.2) is 24.3 Å². The zero-order chi connectivity index (χ0) is 13.9. The molecule has 1 aliphatic rings. The number of ether oxygens (including phenoxy) is 1. The number of aromatic nitrogens is 2. The molecule has 1 heterocycles. The number of benzene rings is 1. The van der Waals surface area contributed by atoms with Crippen molar-refractivity contribution in [3.8, 4) is 11.4 Å². The van der Waals surface area contributed by atoms with Crippen molar-refractivity contribution in [1.82, 2.24) is 9.97 Å². The van der Waals surface area contributed by atoms with Gasteiger partial charge >= 0.3 is 0 Å². The van der Waals surface area contributed by atoms with Gasteiger partial charge in [0, 0.05) is 23.9 Å². The number of aryl methyl sites for hydroxylation is 1. The molecule has 0 unspecified atom stereocenters. The zero-order valence-corrected chi connectivity index (χ0v) is 12.3. The molecule has 2 aromatic rings. The van der Waals surface area contributed by atoms with E-state index < -0.39 is 0 Å². The molecule has 1 aromatic carbocycles. The summed E-state index contributed by atoms with van der Waals surface area (Å²) in [6, 6.07) is 8.11. The Hall–Kier alpha value is -1.45. The topological polar surface area (TPSA) is 35.0 Å². The van der Waals surface area contributed by atoms with E-state index in [0.717, 1.165) is 35.2 Å². The molecule has 0 spiro atoms. The van der Waals surface area contributed by atoms with Gasteiger partial charge in [-0.1, -0.05) is 29.8 Å². The van der Waals surface area contributed by atoms with Crippen molar-refractivity contribution in [2.75, 3.05) is 7.11 Å². The second-order valence-corrected chi connectivity index (χ2v) is 5.46. The lowest BCUT2D eigenvalue weighted by molar-refractivity contribution is 0.185. The van der Waals surface area contributed by atoms with E-state index >= 15 is 0 Å². The number of hydrogen-bond donors (Lipinski definition) is 0. The van der Waals surface area contributed by atoms with Crippen molar-refractivity contribution in [2.45, 2.75) is 32.3 Å². The van der Waals surface area contributed by atoms with Crippen LogP contribution < -0.4 is 0 Å². The summed E-state index contributed by atoms with van der Waals surface area (Å²) in [5.74, 6) is 0.716. The lowest BCUT2D eigenvalue weighted by atomic mass is 9.97. The maximum Gasteiger partial charge on any atom is 0.161 e. The first kappa shape index (κ1) is 13.5. The summed E-state index contributed by atoms with van der Waals surface area (Å²) in [7, 11) is 1.69. The van der Waals surface area contributed by atoms with E-state index in [1.165, 1.54) is 12.8 Å². The van der Waals surface area contributed by atoms with Crippen LogP contribution in [0.2, 0.25) is 5.15 Å². The van der Waals surface area contributed by atoms with Gasteiger partial charge in [0.05, 0.1) is 6.61 Å². The first-order valence-electron chi connectivity index (χ1n) is 6.91. The molecule has 4 heteroatoms. The van der Waals surface area contributed by atoms with E-state index in [0.29, 0.717) is 17.6 Å². The van der Waals surface area contributed by atoms with E-state index in [1.807, 2.05) is 18.2 Å². The highest BCUT2D eigenvalue weighted by Crippen LogP contribution is 2.28. The molecule has 0 atom stereocenters. The predicted molar refractivity (Wildman–Crippen MR) is 79.8 cm³/mol. The van der Waals surface area contributed by atoms with Gasteiger partial charge in [-0.2, -0.15) is 0 Å². The molecule has 0 N–H and O–H groups in total. The lowest BCUT2D eigenvalue weighted by Gasteiger charge is -2.16. The van der Waals surface area contributed by atoms with Crippen molar-refractivity contribution in [2.24, 2.45) is 0 Å². The van der Waals surface area contributed by atoms with Crippen LogP contribution >= 0.6 is 11.6 Å². The molecule has 0 saturated carbocycles. The molecule has 20 heavy (non-hydrogen) atoms. The average molecular weight is 289 g/mol. The van der Waals surface area contributed by atoms with Gasteiger partial charge in [0.25, 0.3) is 0 Å². The summed E-state index contributed by atoms with van der Waals surface area (Å²) in [4.78, 5) is 9.18. The van der Waals surface area contributed by atoms with Crippen molar-refractivity contribution in [3.63, 3.8) is 0 Å². The first-order valence-corrected chi connectivity index (χ1v) is 7.29. The Bertz CT molecular complexity index is 628. The van der Waals surface area contributed by atoms with E-state index in [9.17, 15) is 0 Å². The fourth-order valence-corrected chi connectivity index (χ4v) is 2.93. The zero-order valence-electron chi connectivity index (χ0n) is 11.5. The van der Waals surface area contributed by atoms with Gasteiger partial charge in [0.1, 0.15) is 5.15 Å². The van der Waals surface area contributed by atoms with Gasteiger partial charge in [-0.05, 0) is 37.3 Å². The maximum absolute atomic E-state index is 6.32. The number of halogens is 1. The molecule has 0 bridgehead atoms. The first-order chi connectivity index (χ1) is 9.78. The number of fused-ring (bicyclic) bond motifs is 1. The van der Waals surface area contributed by atoms with Crippen LogP contribution in [-0.2, 0) is 24.2 Å². The number of nitrogens with zero attached hydrogens (tertiary/aromatic N) is 2. The van der Waals surface area contributed by atoms with Crippen LogP contribution in [0, 0.1) is 0 Å². The number of methoxy groups -OCH3 is 1. The monoisotopic (exact) mass is 288 g/mol. The Labute approximate surface area is 124 Å². The van der Waals surface area contributed by atoms with Crippen molar-refractivity contribution in [3.05, 3.63) is 46.2 Å². The van der Waals surface area contributed by atoms with Crippen LogP contribution in [-0.4, -0.2) is 17.1 Å². The summed E-state index contributed by atoms with van der Waals surface area (Å²) in [6.07, 6.45) is 4.36. The highest BCUT2D eigenvalue weighted by molar-refractivity contribution is 6.30. The number of hydrogen-bond acceptors (Lipinski definition) is 3. The van der Waals surface area contributed by atoms with Gasteiger partial charge in [0.15, 0.2) is 5.82 Å². The molecule has 104 valence electrons. The molecule has 3 rings (SSSR count). The van der Waals surface area contributed by atoms with Crippen molar-refractivity contribution < 1.29 is 4.74 Å². The third kappa shape index (κ3) is 2.69. The molecule has 1 aromatic heterocycles. The quantitative estimate of drug-likeness (QED) is 0.805. The summed E-state index contributed by atoms with van der Waals surface area (Å²) in [5.41, 5.74) is 4.36. The smallest absolute Gasteiger partial charge is 0.161 e. The molecular weight excluding hydrogens is 272 g/mol. The van der Waals surface area contributed by atoms with E-state index in [2.05, 4.69) is 11.1 Å². The average Bonchev–Trinajstić information content (AvgIpc) is 2.48. The molecule has 3 nitrogen and oxygen atoms in total. The molecule has 0 aliphatic heterocycles. The second-order valence-electron chi connectivity index (χ2n) is 5.10. The molecule has 1 aliphatic carbocycles. The summed E-state index contributed by atoms with van der Waals surface area (Å²) in [5, 5.41) is 0.613. The third-order valence-electron chi connectivity index (χ3n) is 3.63. The minimum atomic E-state index is 0.590. The van der Waals surface area contributed by atoms with Crippen molar-refractivity contribution >= 4 is 11.6 Å². The SMILES string of the molecule is COCc1cccc(-c2nc(Cl)c3c(n2)CCCC3)c1. The summed E-state index contributed by atoms with van der Waals surface area (Å²) in [6.45, 7) is 0.590. The fraction of sp³-hybridized carbons (Fsp3) is 0.375. The summed E-state index contributed by atoms with van der Waals surface area (Å²) >= 11 is 6.32. The maximum atomic E-state index is 6.32. The third-order valence-corrected chi connectivity index (χ3v) is 3.94. The van der Waals surface area contributed by atoms with Crippen LogP contribution in [0.3, 0.4) is 0 Å². The highest BCUT2D eigenvalue weighted by atomic mass is 35.5. The van der Waals surface area contributed by atoms with E-state index in [-0.39, 0.29) is 0 Å². The number of rotatable bonds is 3. The predicted octanol–water partition coefficient (Wildman–Crippen LogP) is 3.82. The molecule has 0 radical (unpaired) electrons. The second kappa shape index (κ2) is 5.90. The van der Waals surface area contributed by atoms with Crippen LogP contribution in [0.1, 0.15) is 29.7 Å². The van der Waals surface area contributed by atoms with E-state index in [1.54, 1.807) is 7.11 Å². The van der Waals surface area contributed by atoms with Crippen LogP contribution in [0.25, 0.3) is 11.4 Å². The Morgan fingerprint density at radius 3 is 2.90 bits per heavy atom. The van der Waals surface area contributed by atoms with Gasteiger partial charge in [-0.15, -0.1) is 0 Å². The summed E-state index contributed by atoms with van der Waals surface area (Å²) < 4.78 is 5.17. The Balaban J connectivity index is 2.01. The van der Waals surface area contributed by atoms with Crippen LogP contribution in [0.5, 0.6) is 0 Å². The van der Waals surface area contributed by atoms with Gasteiger partial charge in [-0.3, -0.25) is 0 Å². The standard InChI is InChI=1S/C16H17ClN2O/c1-20-10-11-5-4-6-12(9-11)16-18-14-8-3-2-7-13(14)15(17)19-16/h4-6,9H,2-3,7-8,10H2,1H3. The van der Waals surface area contributed by atoms with Crippen molar-refractivity contribution in [1.29, 1.82) is 0 Å². The highest BCUT2D eigenvalue weighted by Gasteiger charge is 2.17. The Morgan fingerprint density at radius 2 is 2.05 bits per heavy atom. The molecule has 0 fully saturated rings. The molecule has 0 amide bonds. The lowest BCUT2D eigenvalue weighted by Crippen LogP contribution is -2.08. The molecule has 0 saturated heterocycles. The minimum absolute atomic E-state index is 0.590. The largest absolute Gasteiger partial charge is 0.380 e. The van der Waals surface area contributed by atoms with E-state index in [4.69, 9.17) is 21.3 Å². The van der Waals surface area contributed by atoms with Crippen LogP contribution in [0.4, 0.5) is 0 Å². The van der Waals surface area contributed by atoms with Gasteiger partial charge in [-0.25, -0.2) is 9.97 Å². The minimum Gasteiger partial charge on any atom is -0.380 e. The Morgan fingerprint density at radius 1 is 1.20 bits per heavy atom. The fourth-order valence-electron chi connectivity index (χ4n) is 2.64.